The van der Waals surface area contributed by atoms with E-state index in [4.69, 9.17) is 0 Å². The number of aromatic nitrogens is 4. The number of nitrogens with one attached hydrogen (secondary N) is 1. The van der Waals surface area contributed by atoms with E-state index in [0.717, 1.165) is 30.4 Å². The van der Waals surface area contributed by atoms with Crippen LogP contribution in [-0.4, -0.2) is 38.5 Å². The summed E-state index contributed by atoms with van der Waals surface area (Å²) in [5, 5.41) is 15.9. The lowest BCUT2D eigenvalue weighted by Crippen LogP contribution is -2.27. The minimum Gasteiger partial charge on any atom is -0.313 e. The Morgan fingerprint density at radius 2 is 2.29 bits per heavy atom. The van der Waals surface area contributed by atoms with Gasteiger partial charge in [0.25, 0.3) is 0 Å². The van der Waals surface area contributed by atoms with Gasteiger partial charge in [-0.3, -0.25) is 0 Å². The summed E-state index contributed by atoms with van der Waals surface area (Å²) >= 11 is 1.64. The number of nitrogens with zero attached hydrogens (tertiary/aromatic N) is 4. The van der Waals surface area contributed by atoms with Crippen LogP contribution in [0.4, 0.5) is 0 Å². The number of rotatable bonds is 8. The highest BCUT2D eigenvalue weighted by Crippen LogP contribution is 2.17. The molecule has 1 N–H and O–H groups in total. The third-order valence-electron chi connectivity index (χ3n) is 2.28. The predicted molar refractivity (Wildman–Crippen MR) is 71.1 cm³/mol. The Kier molecular flexibility index (Phi) is 6.21. The molecule has 1 heterocycles. The summed E-state index contributed by atoms with van der Waals surface area (Å²) in [6, 6.07) is 0.488. The van der Waals surface area contributed by atoms with Crippen LogP contribution in [-0.2, 0) is 6.54 Å². The van der Waals surface area contributed by atoms with Crippen LogP contribution < -0.4 is 5.32 Å². The predicted octanol–water partition coefficient (Wildman–Crippen LogP) is 1.73. The monoisotopic (exact) mass is 255 g/mol. The summed E-state index contributed by atoms with van der Waals surface area (Å²) in [6.07, 6.45) is 1.00. The molecule has 0 spiro atoms. The number of thioether (sulfide) groups is 1. The molecule has 17 heavy (non-hydrogen) atoms. The third-order valence-corrected chi connectivity index (χ3v) is 3.38. The molecule has 0 bridgehead atoms. The first kappa shape index (κ1) is 14.2. The molecule has 0 atom stereocenters. The third kappa shape index (κ3) is 5.32. The van der Waals surface area contributed by atoms with E-state index in [0.29, 0.717) is 6.04 Å². The van der Waals surface area contributed by atoms with Gasteiger partial charge in [0.1, 0.15) is 0 Å². The van der Waals surface area contributed by atoms with Gasteiger partial charge in [-0.05, 0) is 16.8 Å². The van der Waals surface area contributed by atoms with Crippen LogP contribution in [0.3, 0.4) is 0 Å². The van der Waals surface area contributed by atoms with E-state index in [1.807, 2.05) is 4.68 Å². The van der Waals surface area contributed by atoms with E-state index in [-0.39, 0.29) is 0 Å². The summed E-state index contributed by atoms with van der Waals surface area (Å²) in [7, 11) is 0. The number of tetrazole rings is 1. The van der Waals surface area contributed by atoms with Gasteiger partial charge in [0.2, 0.25) is 5.16 Å². The molecular weight excluding hydrogens is 234 g/mol. The number of hydrogen-bond acceptors (Lipinski definition) is 5. The second kappa shape index (κ2) is 7.45. The molecule has 0 aliphatic carbocycles. The normalized spacial score (nSPS) is 11.1. The van der Waals surface area contributed by atoms with Gasteiger partial charge in [-0.2, -0.15) is 0 Å². The first-order chi connectivity index (χ1) is 8.13. The van der Waals surface area contributed by atoms with Crippen molar-refractivity contribution in [2.24, 2.45) is 0 Å². The lowest BCUT2D eigenvalue weighted by molar-refractivity contribution is 0.485. The van der Waals surface area contributed by atoms with Crippen molar-refractivity contribution in [1.82, 2.24) is 25.5 Å². The Hall–Kier alpha value is -0.880. The molecule has 0 aromatic carbocycles. The quantitative estimate of drug-likeness (QED) is 0.566. The Morgan fingerprint density at radius 3 is 2.94 bits per heavy atom. The zero-order valence-electron chi connectivity index (χ0n) is 10.8. The van der Waals surface area contributed by atoms with E-state index in [1.54, 1.807) is 11.8 Å². The zero-order valence-corrected chi connectivity index (χ0v) is 11.6. The van der Waals surface area contributed by atoms with Gasteiger partial charge in [0, 0.05) is 18.3 Å². The second-order valence-corrected chi connectivity index (χ2v) is 5.13. The van der Waals surface area contributed by atoms with Gasteiger partial charge in [0.15, 0.2) is 0 Å². The average Bonchev–Trinajstić information content (AvgIpc) is 2.73. The molecule has 1 rings (SSSR count). The van der Waals surface area contributed by atoms with Crippen LogP contribution in [0.25, 0.3) is 0 Å². The van der Waals surface area contributed by atoms with Crippen molar-refractivity contribution in [2.45, 2.75) is 44.9 Å². The minimum atomic E-state index is 0.488. The maximum atomic E-state index is 4.02. The highest BCUT2D eigenvalue weighted by molar-refractivity contribution is 7.99. The molecule has 1 aromatic heterocycles. The van der Waals surface area contributed by atoms with Gasteiger partial charge in [-0.1, -0.05) is 44.7 Å². The van der Waals surface area contributed by atoms with E-state index < -0.39 is 0 Å². The molecule has 6 heteroatoms. The van der Waals surface area contributed by atoms with Crippen molar-refractivity contribution >= 4 is 11.8 Å². The smallest absolute Gasteiger partial charge is 0.209 e. The highest BCUT2D eigenvalue weighted by atomic mass is 32.2. The molecule has 0 amide bonds. The molecule has 0 radical (unpaired) electrons. The molecule has 0 saturated carbocycles. The SMILES string of the molecule is C=C(CC)CSc1nnnn1CCNC(C)C. The molecule has 0 saturated heterocycles. The second-order valence-electron chi connectivity index (χ2n) is 4.19. The average molecular weight is 255 g/mol. The molecule has 96 valence electrons. The van der Waals surface area contributed by atoms with Crippen molar-refractivity contribution in [3.8, 4) is 0 Å². The molecule has 0 unspecified atom stereocenters. The number of hydrogen-bond donors (Lipinski definition) is 1. The van der Waals surface area contributed by atoms with E-state index >= 15 is 0 Å². The summed E-state index contributed by atoms with van der Waals surface area (Å²) in [5.41, 5.74) is 1.21. The maximum absolute atomic E-state index is 4.02. The van der Waals surface area contributed by atoms with Crippen molar-refractivity contribution in [1.29, 1.82) is 0 Å². The Morgan fingerprint density at radius 1 is 1.53 bits per heavy atom. The lowest BCUT2D eigenvalue weighted by atomic mass is 10.3. The first-order valence-electron chi connectivity index (χ1n) is 5.92. The highest BCUT2D eigenvalue weighted by Gasteiger charge is 2.06. The Labute approximate surface area is 107 Å². The van der Waals surface area contributed by atoms with Crippen LogP contribution in [0, 0.1) is 0 Å². The van der Waals surface area contributed by atoms with Gasteiger partial charge < -0.3 is 5.32 Å². The fourth-order valence-electron chi connectivity index (χ4n) is 1.17. The van der Waals surface area contributed by atoms with Crippen LogP contribution in [0.1, 0.15) is 27.2 Å². The fraction of sp³-hybridized carbons (Fsp3) is 0.727. The maximum Gasteiger partial charge on any atom is 0.209 e. The first-order valence-corrected chi connectivity index (χ1v) is 6.91. The summed E-state index contributed by atoms with van der Waals surface area (Å²) in [5.74, 6) is 0.883. The van der Waals surface area contributed by atoms with Crippen molar-refractivity contribution in [2.75, 3.05) is 12.3 Å². The summed E-state index contributed by atoms with van der Waals surface area (Å²) in [6.45, 7) is 12.0. The topological polar surface area (TPSA) is 55.6 Å². The van der Waals surface area contributed by atoms with Gasteiger partial charge >= 0.3 is 0 Å². The molecule has 0 aliphatic heterocycles. The van der Waals surface area contributed by atoms with Crippen LogP contribution in [0.15, 0.2) is 17.3 Å². The van der Waals surface area contributed by atoms with Gasteiger partial charge in [0.05, 0.1) is 6.54 Å². The molecular formula is C11H21N5S. The van der Waals surface area contributed by atoms with Gasteiger partial charge in [-0.15, -0.1) is 5.10 Å². The fourth-order valence-corrected chi connectivity index (χ4v) is 2.08. The Bertz CT molecular complexity index is 347. The minimum absolute atomic E-state index is 0.488. The summed E-state index contributed by atoms with van der Waals surface area (Å²) in [4.78, 5) is 0. The standard InChI is InChI=1S/C11H21N5S/c1-5-10(4)8-17-11-13-14-15-16(11)7-6-12-9(2)3/h9,12H,4-8H2,1-3H3. The van der Waals surface area contributed by atoms with Crippen molar-refractivity contribution in [3.63, 3.8) is 0 Å². The molecule has 0 fully saturated rings. The van der Waals surface area contributed by atoms with Crippen molar-refractivity contribution < 1.29 is 0 Å². The van der Waals surface area contributed by atoms with E-state index in [1.165, 1.54) is 5.57 Å². The van der Waals surface area contributed by atoms with Crippen molar-refractivity contribution in [3.05, 3.63) is 12.2 Å². The zero-order chi connectivity index (χ0) is 12.7. The lowest BCUT2D eigenvalue weighted by Gasteiger charge is -2.08. The van der Waals surface area contributed by atoms with E-state index in [9.17, 15) is 0 Å². The van der Waals surface area contributed by atoms with Crippen LogP contribution in [0.5, 0.6) is 0 Å². The molecule has 1 aromatic rings. The molecule has 0 aliphatic rings. The molecule has 5 nitrogen and oxygen atoms in total. The van der Waals surface area contributed by atoms with Gasteiger partial charge in [-0.25, -0.2) is 4.68 Å². The van der Waals surface area contributed by atoms with Crippen LogP contribution in [0.2, 0.25) is 0 Å². The van der Waals surface area contributed by atoms with E-state index in [2.05, 4.69) is 48.2 Å². The van der Waals surface area contributed by atoms with Crippen LogP contribution >= 0.6 is 11.8 Å². The summed E-state index contributed by atoms with van der Waals surface area (Å²) < 4.78 is 1.84. The Balaban J connectivity index is 2.40. The largest absolute Gasteiger partial charge is 0.313 e.